The minimum Gasteiger partial charge on any atom is -0.507 e. The molecule has 0 radical (unpaired) electrons. The molecule has 5 aromatic carbocycles. The number of fused-ring (bicyclic) bond motifs is 3. The topological polar surface area (TPSA) is 83.5 Å². The van der Waals surface area contributed by atoms with E-state index in [1.54, 1.807) is 0 Å². The van der Waals surface area contributed by atoms with Crippen molar-refractivity contribution < 1.29 is 32.3 Å². The Kier molecular flexibility index (Phi) is 19.4. The van der Waals surface area contributed by atoms with E-state index in [0.29, 0.717) is 24.7 Å². The van der Waals surface area contributed by atoms with Crippen LogP contribution in [0.15, 0.2) is 84.9 Å². The first-order valence-corrected chi connectivity index (χ1v) is 28.0. The Morgan fingerprint density at radius 3 is 1.55 bits per heavy atom. The number of thiocarbonyl (C=S) groups is 3. The molecule has 1 atom stereocenters. The lowest BCUT2D eigenvalue weighted by Crippen LogP contribution is -2.48. The summed E-state index contributed by atoms with van der Waals surface area (Å²) in [5, 5.41) is 11.8. The van der Waals surface area contributed by atoms with E-state index in [1.165, 1.54) is 22.3 Å². The number of aromatic hydroxyl groups is 1. The molecule has 13 heteroatoms. The maximum Gasteiger partial charge on any atom is 0.397 e. The first kappa shape index (κ1) is 55.2. The van der Waals surface area contributed by atoms with Crippen LogP contribution in [0, 0.1) is 47.0 Å². The molecule has 1 unspecified atom stereocenters. The lowest BCUT2D eigenvalue weighted by Gasteiger charge is -2.48. The molecule has 3 aliphatic heterocycles. The van der Waals surface area contributed by atoms with E-state index >= 15 is 0 Å². The molecule has 2 fully saturated rings. The van der Waals surface area contributed by atoms with Crippen molar-refractivity contribution in [2.24, 2.45) is 5.41 Å². The molecule has 3 aliphatic rings. The summed E-state index contributed by atoms with van der Waals surface area (Å²) in [5.74, 6) is 11.4. The summed E-state index contributed by atoms with van der Waals surface area (Å²) in [6.07, 6.45) is 2.34. The highest BCUT2D eigenvalue weighted by Crippen LogP contribution is 2.62. The number of hydrogen-bond acceptors (Lipinski definition) is 10. The number of rotatable bonds is 6. The van der Waals surface area contributed by atoms with Crippen LogP contribution in [0.25, 0.3) is 11.1 Å². The standard InChI is InChI=1S/C27H31O3P.C23H30O4P2.3CH2S/c1-26(2,3)21-15-18(16-22(25(21)28)27(4,5)6)17-31(29)24-14-10-8-12-20(24)19-11-7-9-13-23(19)30-31;1-15-7-17(3)21(18(4)8-15)26-28-13-23(14-28)11-24-29(25-12-23)27-22-19(5)9-16(2)10-20(22)6;3*1-2/h7-16,28H,17H2,1-6H3;7-10H,11-14H2,1-6H3;3*1H2. The van der Waals surface area contributed by atoms with E-state index in [4.69, 9.17) is 22.6 Å². The van der Waals surface area contributed by atoms with Crippen molar-refractivity contribution in [1.82, 2.24) is 0 Å². The zero-order valence-corrected chi connectivity index (χ0v) is 45.8. The highest BCUT2D eigenvalue weighted by molar-refractivity contribution is 7.78. The fourth-order valence-electron chi connectivity index (χ4n) is 8.55. The number of benzene rings is 5. The van der Waals surface area contributed by atoms with Crippen LogP contribution in [-0.2, 0) is 30.6 Å². The number of para-hydroxylation sites is 1. The fraction of sp³-hybridized carbons (Fsp3) is 0.377. The zero-order valence-electron chi connectivity index (χ0n) is 40.7. The van der Waals surface area contributed by atoms with Gasteiger partial charge in [0.15, 0.2) is 0 Å². The van der Waals surface area contributed by atoms with Crippen LogP contribution in [-0.4, -0.2) is 48.3 Å². The van der Waals surface area contributed by atoms with Crippen LogP contribution in [0.1, 0.15) is 91.6 Å². The smallest absolute Gasteiger partial charge is 0.397 e. The second-order valence-electron chi connectivity index (χ2n) is 19.2. The molecule has 3 heterocycles. The van der Waals surface area contributed by atoms with Gasteiger partial charge in [-0.1, -0.05) is 162 Å². The maximum absolute atomic E-state index is 14.3. The average molecular weight is 1010 g/mol. The molecule has 8 rings (SSSR count). The summed E-state index contributed by atoms with van der Waals surface area (Å²) in [6, 6.07) is 28.2. The Balaban J connectivity index is 0.000000260. The van der Waals surface area contributed by atoms with Gasteiger partial charge >= 0.3 is 8.60 Å². The molecule has 66 heavy (non-hydrogen) atoms. The van der Waals surface area contributed by atoms with Crippen LogP contribution in [0.4, 0.5) is 0 Å². The van der Waals surface area contributed by atoms with E-state index in [0.717, 1.165) is 68.1 Å². The predicted octanol–water partition coefficient (Wildman–Crippen LogP) is 15.7. The molecule has 354 valence electrons. The van der Waals surface area contributed by atoms with Gasteiger partial charge in [0.25, 0.3) is 7.37 Å². The molecule has 7 nitrogen and oxygen atoms in total. The van der Waals surface area contributed by atoms with Gasteiger partial charge in [-0.2, -0.15) is 0 Å². The van der Waals surface area contributed by atoms with Gasteiger partial charge in [0, 0.05) is 23.3 Å². The Morgan fingerprint density at radius 2 is 1.08 bits per heavy atom. The van der Waals surface area contributed by atoms with Crippen molar-refractivity contribution in [3.63, 3.8) is 0 Å². The Bertz CT molecular complexity index is 2430. The second-order valence-corrected chi connectivity index (χ2v) is 24.4. The zero-order chi connectivity index (χ0) is 49.4. The van der Waals surface area contributed by atoms with Crippen LogP contribution in [0.5, 0.6) is 23.0 Å². The molecule has 5 aromatic rings. The third-order valence-electron chi connectivity index (χ3n) is 11.4. The van der Waals surface area contributed by atoms with E-state index in [9.17, 15) is 9.67 Å². The van der Waals surface area contributed by atoms with Crippen LogP contribution >= 0.6 is 60.8 Å². The number of phenolic OH excluding ortho intramolecular Hbond substituents is 1. The Hall–Kier alpha value is -3.42. The molecule has 0 aliphatic carbocycles. The third-order valence-corrected chi connectivity index (χ3v) is 17.3. The molecule has 2 saturated heterocycles. The fourth-order valence-corrected chi connectivity index (χ4v) is 14.7. The lowest BCUT2D eigenvalue weighted by molar-refractivity contribution is 0.0363. The van der Waals surface area contributed by atoms with Gasteiger partial charge < -0.3 is 27.7 Å². The van der Waals surface area contributed by atoms with E-state index in [1.807, 2.05) is 60.7 Å². The molecular weight excluding hydrogens is 938 g/mol. The van der Waals surface area contributed by atoms with Gasteiger partial charge in [-0.3, -0.25) is 4.57 Å². The molecule has 0 aromatic heterocycles. The molecule has 0 saturated carbocycles. The monoisotopic (exact) mass is 1000 g/mol. The van der Waals surface area contributed by atoms with Gasteiger partial charge in [0.1, 0.15) is 23.0 Å². The van der Waals surface area contributed by atoms with E-state index in [2.05, 4.69) is 162 Å². The van der Waals surface area contributed by atoms with Gasteiger partial charge in [-0.05, 0) is 127 Å². The van der Waals surface area contributed by atoms with Gasteiger partial charge in [0.05, 0.1) is 32.8 Å². The normalized spacial score (nSPS) is 20.2. The summed E-state index contributed by atoms with van der Waals surface area (Å²) < 4.78 is 45.0. The minimum atomic E-state index is -3.20. The summed E-state index contributed by atoms with van der Waals surface area (Å²) in [4.78, 5) is 0. The average Bonchev–Trinajstić information content (AvgIpc) is 3.25. The number of aryl methyl sites for hydroxylation is 6. The van der Waals surface area contributed by atoms with Crippen LogP contribution in [0.3, 0.4) is 0 Å². The van der Waals surface area contributed by atoms with Crippen LogP contribution in [0.2, 0.25) is 0 Å². The van der Waals surface area contributed by atoms with E-state index < -0.39 is 24.1 Å². The summed E-state index contributed by atoms with van der Waals surface area (Å²) in [6.45, 7) is 26.5. The lowest BCUT2D eigenvalue weighted by atomic mass is 9.78. The summed E-state index contributed by atoms with van der Waals surface area (Å²) >= 11 is 11.5. The highest BCUT2D eigenvalue weighted by Gasteiger charge is 2.51. The van der Waals surface area contributed by atoms with Crippen molar-refractivity contribution >= 4 is 83.7 Å². The minimum absolute atomic E-state index is 0.0950. The quantitative estimate of drug-likeness (QED) is 0.131. The molecule has 0 amide bonds. The SMILES string of the molecule is C=S.C=S.C=S.CC(C)(C)c1cc(CP2(=O)Oc3ccccc3-c3ccccc32)cc(C(C)(C)C)c1O.Cc1cc(C)c(OP2CC3(COP(Oc4c(C)cc(C)cc4C)OC3)C2)c(C)c1. The number of hydrogen-bond donors (Lipinski definition) is 1. The predicted molar refractivity (Wildman–Crippen MR) is 294 cm³/mol. The largest absolute Gasteiger partial charge is 0.507 e. The highest BCUT2D eigenvalue weighted by atomic mass is 32.1. The molecule has 0 bridgehead atoms. The Morgan fingerprint density at radius 1 is 0.652 bits per heavy atom. The van der Waals surface area contributed by atoms with Crippen LogP contribution < -0.4 is 18.9 Å². The van der Waals surface area contributed by atoms with Crippen molar-refractivity contribution in [3.8, 4) is 34.1 Å². The van der Waals surface area contributed by atoms with Crippen molar-refractivity contribution in [3.05, 3.63) is 135 Å². The molecule has 1 N–H and O–H groups in total. The Labute approximate surface area is 413 Å². The van der Waals surface area contributed by atoms with Crippen molar-refractivity contribution in [2.45, 2.75) is 100 Å². The second kappa shape index (κ2) is 23.3. The molecular formula is C53H67O7P3S3. The van der Waals surface area contributed by atoms with Gasteiger partial charge in [-0.15, -0.1) is 0 Å². The third kappa shape index (κ3) is 13.0. The summed E-state index contributed by atoms with van der Waals surface area (Å²) in [7, 11) is -4.99. The van der Waals surface area contributed by atoms with Crippen molar-refractivity contribution in [1.29, 1.82) is 0 Å². The summed E-state index contributed by atoms with van der Waals surface area (Å²) in [5.41, 5.74) is 11.4. The van der Waals surface area contributed by atoms with Crippen molar-refractivity contribution in [2.75, 3.05) is 25.5 Å². The first-order chi connectivity index (χ1) is 31.1. The molecule has 1 spiro atoms. The number of phenols is 1. The van der Waals surface area contributed by atoms with Gasteiger partial charge in [0.2, 0.25) is 0 Å². The van der Waals surface area contributed by atoms with E-state index in [-0.39, 0.29) is 22.4 Å². The maximum atomic E-state index is 14.3. The first-order valence-electron chi connectivity index (χ1n) is 21.7. The van der Waals surface area contributed by atoms with Gasteiger partial charge in [-0.25, -0.2) is 0 Å².